The minimum Gasteiger partial charge on any atom is -0.206 e. The van der Waals surface area contributed by atoms with Gasteiger partial charge >= 0.3 is 6.18 Å². The highest BCUT2D eigenvalue weighted by molar-refractivity contribution is 5.85. The molecule has 0 aromatic heterocycles. The van der Waals surface area contributed by atoms with Crippen molar-refractivity contribution in [2.75, 3.05) is 0 Å². The van der Waals surface area contributed by atoms with E-state index in [0.29, 0.717) is 17.5 Å². The van der Waals surface area contributed by atoms with Gasteiger partial charge in [-0.15, -0.1) is 0 Å². The predicted molar refractivity (Wildman–Crippen MR) is 138 cm³/mol. The van der Waals surface area contributed by atoms with Crippen LogP contribution in [0.15, 0.2) is 72.8 Å². The van der Waals surface area contributed by atoms with Crippen LogP contribution in [0.3, 0.4) is 0 Å². The van der Waals surface area contributed by atoms with E-state index < -0.39 is 23.4 Å². The van der Waals surface area contributed by atoms with Crippen LogP contribution in [0.5, 0.6) is 0 Å². The third-order valence-electron chi connectivity index (χ3n) is 6.43. The number of aryl methyl sites for hydroxylation is 3. The minimum atomic E-state index is -4.78. The first-order valence-electron chi connectivity index (χ1n) is 12.4. The molecular formula is C32H27F5. The predicted octanol–water partition coefficient (Wildman–Crippen LogP) is 9.05. The number of benzene rings is 4. The van der Waals surface area contributed by atoms with Crippen molar-refractivity contribution >= 4 is 10.8 Å². The number of halogens is 5. The van der Waals surface area contributed by atoms with Crippen molar-refractivity contribution in [2.24, 2.45) is 0 Å². The van der Waals surface area contributed by atoms with E-state index >= 15 is 4.39 Å². The van der Waals surface area contributed by atoms with Crippen LogP contribution in [0.2, 0.25) is 0 Å². The van der Waals surface area contributed by atoms with Gasteiger partial charge in [0.1, 0.15) is 11.6 Å². The smallest absolute Gasteiger partial charge is 0.206 e. The van der Waals surface area contributed by atoms with E-state index in [1.807, 2.05) is 12.1 Å². The van der Waals surface area contributed by atoms with Crippen molar-refractivity contribution in [2.45, 2.75) is 51.6 Å². The Morgan fingerprint density at radius 2 is 1.35 bits per heavy atom. The van der Waals surface area contributed by atoms with E-state index in [1.165, 1.54) is 36.5 Å². The van der Waals surface area contributed by atoms with Crippen molar-refractivity contribution in [3.63, 3.8) is 0 Å². The summed E-state index contributed by atoms with van der Waals surface area (Å²) in [7, 11) is 0. The van der Waals surface area contributed by atoms with Crippen LogP contribution < -0.4 is 0 Å². The Hall–Kier alpha value is -3.65. The number of fused-ring (bicyclic) bond motifs is 1. The van der Waals surface area contributed by atoms with E-state index in [4.69, 9.17) is 0 Å². The fraction of sp³-hybridized carbons (Fsp3) is 0.250. The summed E-state index contributed by atoms with van der Waals surface area (Å²) in [5, 5.41) is 1.15. The van der Waals surface area contributed by atoms with Gasteiger partial charge in [-0.1, -0.05) is 80.1 Å². The van der Waals surface area contributed by atoms with E-state index in [-0.39, 0.29) is 11.1 Å². The molecule has 0 heterocycles. The summed E-state index contributed by atoms with van der Waals surface area (Å²) in [6.07, 6.45) is 1.72. The van der Waals surface area contributed by atoms with Gasteiger partial charge in [-0.3, -0.25) is 0 Å². The monoisotopic (exact) mass is 506 g/mol. The SMILES string of the molecule is CCCCCc1ccc(CCc2ccc3c(F)c(C#Cc4ccc(C(F)(F)F)c(F)c4)ccc3c2)cc1. The fourth-order valence-electron chi connectivity index (χ4n) is 4.30. The number of alkyl halides is 3. The molecule has 37 heavy (non-hydrogen) atoms. The van der Waals surface area contributed by atoms with Gasteiger partial charge in [0.05, 0.1) is 11.1 Å². The summed E-state index contributed by atoms with van der Waals surface area (Å²) in [4.78, 5) is 0. The van der Waals surface area contributed by atoms with Gasteiger partial charge in [0.15, 0.2) is 0 Å². The van der Waals surface area contributed by atoms with Gasteiger partial charge < -0.3 is 0 Å². The fourth-order valence-corrected chi connectivity index (χ4v) is 4.30. The van der Waals surface area contributed by atoms with Crippen LogP contribution in [-0.4, -0.2) is 0 Å². The molecule has 4 aromatic carbocycles. The third kappa shape index (κ3) is 6.77. The lowest BCUT2D eigenvalue weighted by atomic mass is 9.98. The standard InChI is InChI=1S/C32H27F5/c1-2-3-4-5-22-6-8-23(9-7-22)10-11-24-13-18-28-27(20-24)17-16-26(31(28)34)15-12-25-14-19-29(30(33)21-25)32(35,36)37/h6-9,13-14,16-21H,2-5,10-11H2,1H3. The molecule has 0 saturated heterocycles. The Morgan fingerprint density at radius 1 is 0.676 bits per heavy atom. The van der Waals surface area contributed by atoms with Crippen molar-refractivity contribution in [3.8, 4) is 11.8 Å². The molecule has 0 bridgehead atoms. The second kappa shape index (κ2) is 11.6. The second-order valence-electron chi connectivity index (χ2n) is 9.20. The van der Waals surface area contributed by atoms with Crippen LogP contribution in [0.1, 0.15) is 59.6 Å². The maximum absolute atomic E-state index is 15.1. The average molecular weight is 507 g/mol. The highest BCUT2D eigenvalue weighted by atomic mass is 19.4. The Labute approximate surface area is 214 Å². The van der Waals surface area contributed by atoms with E-state index in [2.05, 4.69) is 43.0 Å². The summed E-state index contributed by atoms with van der Waals surface area (Å²) in [6.45, 7) is 2.20. The average Bonchev–Trinajstić information content (AvgIpc) is 2.87. The normalized spacial score (nSPS) is 11.4. The van der Waals surface area contributed by atoms with Gasteiger partial charge in [0.2, 0.25) is 0 Å². The maximum atomic E-state index is 15.1. The lowest BCUT2D eigenvalue weighted by Gasteiger charge is -2.08. The molecule has 5 heteroatoms. The summed E-state index contributed by atoms with van der Waals surface area (Å²) in [5.74, 6) is 3.25. The molecule has 0 nitrogen and oxygen atoms in total. The molecule has 0 amide bonds. The molecule has 4 rings (SSSR count). The molecule has 0 aliphatic heterocycles. The van der Waals surface area contributed by atoms with Gasteiger partial charge in [-0.25, -0.2) is 8.78 Å². The molecule has 0 fully saturated rings. The lowest BCUT2D eigenvalue weighted by Crippen LogP contribution is -2.07. The lowest BCUT2D eigenvalue weighted by molar-refractivity contribution is -0.140. The highest BCUT2D eigenvalue weighted by Crippen LogP contribution is 2.31. The quantitative estimate of drug-likeness (QED) is 0.133. The maximum Gasteiger partial charge on any atom is 0.419 e. The Balaban J connectivity index is 1.45. The summed E-state index contributed by atoms with van der Waals surface area (Å²) < 4.78 is 67.1. The molecule has 0 aliphatic carbocycles. The van der Waals surface area contributed by atoms with Gasteiger partial charge in [-0.05, 0) is 72.0 Å². The number of hydrogen-bond donors (Lipinski definition) is 0. The van der Waals surface area contributed by atoms with Gasteiger partial charge in [0, 0.05) is 10.9 Å². The van der Waals surface area contributed by atoms with Gasteiger partial charge in [0.25, 0.3) is 0 Å². The van der Waals surface area contributed by atoms with Crippen LogP contribution in [-0.2, 0) is 25.4 Å². The number of unbranched alkanes of at least 4 members (excludes halogenated alkanes) is 2. The molecule has 0 saturated carbocycles. The summed E-state index contributed by atoms with van der Waals surface area (Å²) in [5.41, 5.74) is 2.49. The molecule has 0 spiro atoms. The molecule has 0 unspecified atom stereocenters. The molecule has 4 aromatic rings. The second-order valence-corrected chi connectivity index (χ2v) is 9.20. The van der Waals surface area contributed by atoms with Crippen molar-refractivity contribution in [1.82, 2.24) is 0 Å². The topological polar surface area (TPSA) is 0 Å². The highest BCUT2D eigenvalue weighted by Gasteiger charge is 2.33. The summed E-state index contributed by atoms with van der Waals surface area (Å²) in [6, 6.07) is 20.0. The molecular weight excluding hydrogens is 479 g/mol. The van der Waals surface area contributed by atoms with Crippen LogP contribution in [0.4, 0.5) is 22.0 Å². The van der Waals surface area contributed by atoms with Gasteiger partial charge in [-0.2, -0.15) is 13.2 Å². The van der Waals surface area contributed by atoms with Crippen LogP contribution >= 0.6 is 0 Å². The van der Waals surface area contributed by atoms with Crippen molar-refractivity contribution in [3.05, 3.63) is 118 Å². The summed E-state index contributed by atoms with van der Waals surface area (Å²) >= 11 is 0. The van der Waals surface area contributed by atoms with Crippen molar-refractivity contribution < 1.29 is 22.0 Å². The first-order valence-corrected chi connectivity index (χ1v) is 12.4. The van der Waals surface area contributed by atoms with E-state index in [9.17, 15) is 17.6 Å². The Kier molecular flexibility index (Phi) is 8.28. The van der Waals surface area contributed by atoms with Crippen molar-refractivity contribution in [1.29, 1.82) is 0 Å². The Morgan fingerprint density at radius 3 is 2.03 bits per heavy atom. The first-order chi connectivity index (χ1) is 17.7. The minimum absolute atomic E-state index is 0.0364. The zero-order valence-corrected chi connectivity index (χ0v) is 20.6. The zero-order valence-electron chi connectivity index (χ0n) is 20.6. The molecule has 0 N–H and O–H groups in total. The van der Waals surface area contributed by atoms with Crippen LogP contribution in [0, 0.1) is 23.5 Å². The largest absolute Gasteiger partial charge is 0.419 e. The van der Waals surface area contributed by atoms with E-state index in [0.717, 1.165) is 36.3 Å². The van der Waals surface area contributed by atoms with E-state index in [1.54, 1.807) is 12.1 Å². The van der Waals surface area contributed by atoms with Crippen LogP contribution in [0.25, 0.3) is 10.8 Å². The number of hydrogen-bond acceptors (Lipinski definition) is 0. The molecule has 0 atom stereocenters. The third-order valence-corrected chi connectivity index (χ3v) is 6.43. The first kappa shape index (κ1) is 26.4. The zero-order chi connectivity index (χ0) is 26.4. The molecule has 0 radical (unpaired) electrons. The molecule has 190 valence electrons. The number of rotatable bonds is 7. The Bertz CT molecular complexity index is 1440. The molecule has 0 aliphatic rings.